The Morgan fingerprint density at radius 3 is 2.47 bits per heavy atom. The van der Waals surface area contributed by atoms with Crippen LogP contribution in [0.1, 0.15) is 17.3 Å². The number of carbonyl (C=O) groups excluding carboxylic acids is 1. The molecular weight excluding hydrogens is 200 g/mol. The summed E-state index contributed by atoms with van der Waals surface area (Å²) >= 11 is 0. The molecule has 78 valence electrons. The van der Waals surface area contributed by atoms with E-state index in [1.807, 2.05) is 29.6 Å². The highest BCUT2D eigenvalue weighted by Gasteiger charge is 2.25. The predicted molar refractivity (Wildman–Crippen MR) is 68.1 cm³/mol. The third kappa shape index (κ3) is 2.15. The summed E-state index contributed by atoms with van der Waals surface area (Å²) in [6, 6.07) is 8.78. The molecule has 0 aliphatic carbocycles. The number of carbonyl (C=O) groups is 1. The van der Waals surface area contributed by atoms with E-state index in [0.29, 0.717) is 0 Å². The average Bonchev–Trinajstić information content (AvgIpc) is 2.32. The van der Waals surface area contributed by atoms with Crippen LogP contribution in [0.4, 0.5) is 0 Å². The first-order chi connectivity index (χ1) is 7.22. The van der Waals surface area contributed by atoms with Gasteiger partial charge >= 0.3 is 0 Å². The fraction of sp³-hybridized carbons (Fsp3) is 0.154. The Kier molecular flexibility index (Phi) is 3.80. The van der Waals surface area contributed by atoms with Gasteiger partial charge in [0.1, 0.15) is 14.4 Å². The van der Waals surface area contributed by atoms with Crippen LogP contribution in [0.5, 0.6) is 0 Å². The molecule has 0 aliphatic rings. The highest BCUT2D eigenvalue weighted by atomic mass is 28.3. The van der Waals surface area contributed by atoms with Gasteiger partial charge < -0.3 is 0 Å². The molecule has 0 aromatic heterocycles. The van der Waals surface area contributed by atoms with Gasteiger partial charge in [-0.2, -0.15) is 0 Å². The highest BCUT2D eigenvalue weighted by Crippen LogP contribution is 2.12. The Balaban J connectivity index is 3.27. The standard InChI is InChI=1S/C13H16OSi/c1-4-15(5-2,6-3)13-9-7-8-12(10-13)11-14/h4-5,7-11H,1-2,6H2,3H3. The van der Waals surface area contributed by atoms with E-state index in [-0.39, 0.29) is 0 Å². The van der Waals surface area contributed by atoms with Gasteiger partial charge in [0.2, 0.25) is 0 Å². The minimum Gasteiger partial charge on any atom is -0.298 e. The smallest absolute Gasteiger partial charge is 0.150 e. The van der Waals surface area contributed by atoms with Gasteiger partial charge in [-0.15, -0.1) is 13.2 Å². The van der Waals surface area contributed by atoms with Gasteiger partial charge in [-0.3, -0.25) is 4.79 Å². The zero-order chi connectivity index (χ0) is 11.3. The van der Waals surface area contributed by atoms with Crippen molar-refractivity contribution in [2.75, 3.05) is 0 Å². The molecule has 1 aromatic carbocycles. The van der Waals surface area contributed by atoms with Crippen molar-refractivity contribution in [2.45, 2.75) is 13.0 Å². The first kappa shape index (κ1) is 11.7. The molecule has 0 fully saturated rings. The molecule has 0 aliphatic heterocycles. The highest BCUT2D eigenvalue weighted by molar-refractivity contribution is 6.99. The summed E-state index contributed by atoms with van der Waals surface area (Å²) < 4.78 is 0. The molecule has 0 saturated heterocycles. The fourth-order valence-electron chi connectivity index (χ4n) is 1.71. The number of aldehydes is 1. The SMILES string of the molecule is C=C[Si](C=C)(CC)c1cccc(C=O)c1. The van der Waals surface area contributed by atoms with Crippen molar-refractivity contribution in [3.63, 3.8) is 0 Å². The van der Waals surface area contributed by atoms with E-state index in [9.17, 15) is 4.79 Å². The number of rotatable bonds is 5. The van der Waals surface area contributed by atoms with Crippen molar-refractivity contribution in [1.82, 2.24) is 0 Å². The van der Waals surface area contributed by atoms with Crippen LogP contribution >= 0.6 is 0 Å². The zero-order valence-electron chi connectivity index (χ0n) is 9.07. The normalized spacial score (nSPS) is 10.7. The zero-order valence-corrected chi connectivity index (χ0v) is 10.1. The van der Waals surface area contributed by atoms with Crippen molar-refractivity contribution in [3.05, 3.63) is 54.4 Å². The molecule has 0 radical (unpaired) electrons. The van der Waals surface area contributed by atoms with E-state index >= 15 is 0 Å². The van der Waals surface area contributed by atoms with E-state index in [2.05, 4.69) is 26.1 Å². The van der Waals surface area contributed by atoms with Crippen LogP contribution in [-0.2, 0) is 0 Å². The van der Waals surface area contributed by atoms with E-state index < -0.39 is 8.07 Å². The van der Waals surface area contributed by atoms with E-state index in [1.54, 1.807) is 0 Å². The van der Waals surface area contributed by atoms with E-state index in [0.717, 1.165) is 17.9 Å². The summed E-state index contributed by atoms with van der Waals surface area (Å²) in [6.07, 6.45) is 0.879. The monoisotopic (exact) mass is 216 g/mol. The van der Waals surface area contributed by atoms with Crippen molar-refractivity contribution in [2.24, 2.45) is 0 Å². The lowest BCUT2D eigenvalue weighted by molar-refractivity contribution is 0.112. The van der Waals surface area contributed by atoms with Gasteiger partial charge in [0.05, 0.1) is 0 Å². The summed E-state index contributed by atoms with van der Waals surface area (Å²) in [7, 11) is -1.77. The quantitative estimate of drug-likeness (QED) is 0.546. The third-order valence-electron chi connectivity index (χ3n) is 2.87. The third-order valence-corrected chi connectivity index (χ3v) is 6.89. The minimum absolute atomic E-state index is 0.724. The first-order valence-corrected chi connectivity index (χ1v) is 7.41. The molecule has 0 atom stereocenters. The summed E-state index contributed by atoms with van der Waals surface area (Å²) in [4.78, 5) is 10.7. The van der Waals surface area contributed by atoms with Gasteiger partial charge in [-0.25, -0.2) is 0 Å². The average molecular weight is 216 g/mol. The number of hydrogen-bond donors (Lipinski definition) is 0. The van der Waals surface area contributed by atoms with Gasteiger partial charge in [-0.05, 0) is 11.2 Å². The summed E-state index contributed by atoms with van der Waals surface area (Å²) in [5, 5.41) is 1.21. The van der Waals surface area contributed by atoms with Crippen molar-refractivity contribution >= 4 is 19.5 Å². The molecule has 0 amide bonds. The Morgan fingerprint density at radius 2 is 2.00 bits per heavy atom. The van der Waals surface area contributed by atoms with Crippen LogP contribution in [-0.4, -0.2) is 14.4 Å². The Labute approximate surface area is 92.1 Å². The first-order valence-electron chi connectivity index (χ1n) is 5.05. The van der Waals surface area contributed by atoms with Crippen LogP contribution in [0.3, 0.4) is 0 Å². The van der Waals surface area contributed by atoms with Crippen molar-refractivity contribution < 1.29 is 4.79 Å². The van der Waals surface area contributed by atoms with Gasteiger partial charge in [-0.1, -0.05) is 42.6 Å². The lowest BCUT2D eigenvalue weighted by Gasteiger charge is -2.23. The topological polar surface area (TPSA) is 17.1 Å². The molecule has 15 heavy (non-hydrogen) atoms. The molecule has 0 spiro atoms. The lowest BCUT2D eigenvalue weighted by atomic mass is 10.2. The maximum absolute atomic E-state index is 10.7. The summed E-state index contributed by atoms with van der Waals surface area (Å²) in [5.74, 6) is 0. The molecular formula is C13H16OSi. The Morgan fingerprint density at radius 1 is 1.33 bits per heavy atom. The maximum atomic E-state index is 10.7. The molecule has 0 N–H and O–H groups in total. The Hall–Kier alpha value is -1.41. The van der Waals surface area contributed by atoms with Crippen LogP contribution < -0.4 is 5.19 Å². The van der Waals surface area contributed by atoms with Crippen LogP contribution in [0, 0.1) is 0 Å². The molecule has 2 heteroatoms. The molecule has 1 aromatic rings. The minimum atomic E-state index is -1.77. The largest absolute Gasteiger partial charge is 0.298 e. The molecule has 0 bridgehead atoms. The summed E-state index contributed by atoms with van der Waals surface area (Å²) in [5.41, 5.74) is 4.76. The molecule has 1 nitrogen and oxygen atoms in total. The second-order valence-electron chi connectivity index (χ2n) is 3.55. The van der Waals surface area contributed by atoms with Gasteiger partial charge in [0.15, 0.2) is 0 Å². The van der Waals surface area contributed by atoms with Crippen LogP contribution in [0.2, 0.25) is 6.04 Å². The van der Waals surface area contributed by atoms with Crippen molar-refractivity contribution in [3.8, 4) is 0 Å². The van der Waals surface area contributed by atoms with E-state index in [4.69, 9.17) is 0 Å². The van der Waals surface area contributed by atoms with Crippen LogP contribution in [0.15, 0.2) is 48.8 Å². The molecule has 1 rings (SSSR count). The van der Waals surface area contributed by atoms with Crippen molar-refractivity contribution in [1.29, 1.82) is 0 Å². The maximum Gasteiger partial charge on any atom is 0.150 e. The fourth-order valence-corrected chi connectivity index (χ4v) is 4.18. The number of hydrogen-bond acceptors (Lipinski definition) is 1. The molecule has 0 unspecified atom stereocenters. The number of benzene rings is 1. The summed E-state index contributed by atoms with van der Waals surface area (Å²) in [6.45, 7) is 9.96. The Bertz CT molecular complexity index is 374. The van der Waals surface area contributed by atoms with E-state index in [1.165, 1.54) is 5.19 Å². The molecule has 0 heterocycles. The second kappa shape index (κ2) is 4.89. The predicted octanol–water partition coefficient (Wildman–Crippen LogP) is 2.63. The van der Waals surface area contributed by atoms with Gasteiger partial charge in [0, 0.05) is 5.56 Å². The second-order valence-corrected chi connectivity index (χ2v) is 7.73. The van der Waals surface area contributed by atoms with Gasteiger partial charge in [0.25, 0.3) is 0 Å². The van der Waals surface area contributed by atoms with Crippen LogP contribution in [0.25, 0.3) is 0 Å². The molecule has 0 saturated carbocycles. The lowest BCUT2D eigenvalue weighted by Crippen LogP contribution is -2.43.